The van der Waals surface area contributed by atoms with Crippen LogP contribution in [-0.4, -0.2) is 82.9 Å². The van der Waals surface area contributed by atoms with Gasteiger partial charge in [0.15, 0.2) is 0 Å². The van der Waals surface area contributed by atoms with Crippen molar-refractivity contribution in [3.63, 3.8) is 0 Å². The molecule has 2 aliphatic heterocycles. The molecule has 0 bridgehead atoms. The minimum Gasteiger partial charge on any atom is -0.397 e. The first kappa shape index (κ1) is 36.3. The maximum Gasteiger partial charge on any atom is 0.426 e. The van der Waals surface area contributed by atoms with E-state index in [4.69, 9.17) is 27.2 Å². The van der Waals surface area contributed by atoms with Crippen molar-refractivity contribution >= 4 is 46.1 Å². The normalized spacial score (nSPS) is 16.5. The molecule has 51 heavy (non-hydrogen) atoms. The smallest absolute Gasteiger partial charge is 0.397 e. The summed E-state index contributed by atoms with van der Waals surface area (Å²) in [7, 11) is 3.95. The summed E-state index contributed by atoms with van der Waals surface area (Å²) in [4.78, 5) is 41.1. The lowest BCUT2D eigenvalue weighted by Gasteiger charge is -2.37. The van der Waals surface area contributed by atoms with Crippen LogP contribution in [-0.2, 0) is 30.4 Å². The molecule has 1 unspecified atom stereocenters. The summed E-state index contributed by atoms with van der Waals surface area (Å²) in [6.45, 7) is 2.71. The number of aryl methyl sites for hydroxylation is 1. The molecule has 272 valence electrons. The number of imidazole rings is 1. The van der Waals surface area contributed by atoms with Crippen LogP contribution in [0.3, 0.4) is 0 Å². The average molecular weight is 727 g/mol. The molecule has 0 saturated carbocycles. The molecule has 15 heteroatoms. The number of carbonyl (C=O) groups excluding carboxylic acids is 2. The topological polar surface area (TPSA) is 121 Å². The molecule has 0 aliphatic carbocycles. The first-order chi connectivity index (χ1) is 24.4. The molecule has 4 N–H and O–H groups in total. The number of urea groups is 1. The first-order valence-corrected chi connectivity index (χ1v) is 17.4. The molecule has 1 aromatic heterocycles. The van der Waals surface area contributed by atoms with Gasteiger partial charge in [-0.25, -0.2) is 14.6 Å². The number of benzene rings is 3. The summed E-state index contributed by atoms with van der Waals surface area (Å²) in [5.41, 5.74) is 7.76. The van der Waals surface area contributed by atoms with E-state index >= 15 is 0 Å². The average Bonchev–Trinajstić information content (AvgIpc) is 3.35. The highest BCUT2D eigenvalue weighted by Gasteiger charge is 2.35. The maximum atomic E-state index is 13.9. The SMILES string of the molecule is CN(C)CCCn1c(C(Cc2cc(Cl)c(N)c(C(F)(F)F)c2)NC(=O)ON2CCC(N3CCc4ccccc4NC3=O)CC2)nc2ccccc21. The van der Waals surface area contributed by atoms with Crippen molar-refractivity contribution in [3.05, 3.63) is 88.2 Å². The molecule has 11 nitrogen and oxygen atoms in total. The summed E-state index contributed by atoms with van der Waals surface area (Å²) in [5, 5.41) is 7.23. The lowest BCUT2D eigenvalue weighted by molar-refractivity contribution is -0.137. The van der Waals surface area contributed by atoms with E-state index in [-0.39, 0.29) is 29.1 Å². The van der Waals surface area contributed by atoms with Gasteiger partial charge in [0.2, 0.25) is 0 Å². The molecule has 1 atom stereocenters. The standard InChI is InChI=1S/C36H42ClF3N8O3/c1-45(2)15-7-16-48-31-11-6-5-10-29(31)42-33(48)30(22-23-20-26(36(38,39)40)32(41)27(37)21-23)44-35(50)51-46-17-13-25(14-18-46)47-19-12-24-8-3-4-9-28(24)43-34(47)49/h3-6,8-11,20-21,25,30H,7,12-19,22,41H2,1-2H3,(H,43,49)(H,44,50). The van der Waals surface area contributed by atoms with Crippen LogP contribution < -0.4 is 16.4 Å². The van der Waals surface area contributed by atoms with Gasteiger partial charge in [-0.05, 0) is 87.8 Å². The Bertz CT molecular complexity index is 1880. The van der Waals surface area contributed by atoms with Crippen molar-refractivity contribution in [1.29, 1.82) is 0 Å². The van der Waals surface area contributed by atoms with E-state index < -0.39 is 29.6 Å². The van der Waals surface area contributed by atoms with Gasteiger partial charge in [-0.1, -0.05) is 41.9 Å². The number of fused-ring (bicyclic) bond motifs is 2. The molecule has 6 rings (SSSR count). The number of para-hydroxylation sites is 3. The Labute approximate surface area is 299 Å². The van der Waals surface area contributed by atoms with Crippen LogP contribution in [0.2, 0.25) is 5.02 Å². The number of aromatic nitrogens is 2. The monoisotopic (exact) mass is 726 g/mol. The van der Waals surface area contributed by atoms with E-state index in [9.17, 15) is 22.8 Å². The van der Waals surface area contributed by atoms with Gasteiger partial charge in [0.1, 0.15) is 5.82 Å². The van der Waals surface area contributed by atoms with Gasteiger partial charge in [-0.15, -0.1) is 5.06 Å². The van der Waals surface area contributed by atoms with Crippen LogP contribution in [0.15, 0.2) is 60.7 Å². The van der Waals surface area contributed by atoms with Crippen molar-refractivity contribution in [3.8, 4) is 0 Å². The second kappa shape index (κ2) is 15.4. The number of piperidine rings is 1. The molecule has 4 aromatic rings. The summed E-state index contributed by atoms with van der Waals surface area (Å²) < 4.78 is 43.7. The zero-order chi connectivity index (χ0) is 36.3. The molecule has 1 saturated heterocycles. The van der Waals surface area contributed by atoms with Crippen LogP contribution in [0, 0.1) is 0 Å². The van der Waals surface area contributed by atoms with Crippen molar-refractivity contribution < 1.29 is 27.6 Å². The fourth-order valence-electron chi connectivity index (χ4n) is 6.88. The number of anilines is 2. The van der Waals surface area contributed by atoms with Crippen LogP contribution in [0.25, 0.3) is 11.0 Å². The van der Waals surface area contributed by atoms with Gasteiger partial charge in [0.25, 0.3) is 0 Å². The number of nitrogens with two attached hydrogens (primary N) is 1. The second-order valence-electron chi connectivity index (χ2n) is 13.3. The van der Waals surface area contributed by atoms with Gasteiger partial charge >= 0.3 is 18.3 Å². The first-order valence-electron chi connectivity index (χ1n) is 17.0. The number of rotatable bonds is 10. The molecule has 2 aliphatic rings. The Morgan fingerprint density at radius 1 is 1.12 bits per heavy atom. The molecule has 3 heterocycles. The highest BCUT2D eigenvalue weighted by molar-refractivity contribution is 6.33. The number of amides is 3. The van der Waals surface area contributed by atoms with Crippen LogP contribution in [0.4, 0.5) is 34.1 Å². The second-order valence-corrected chi connectivity index (χ2v) is 13.7. The molecule has 3 aromatic carbocycles. The van der Waals surface area contributed by atoms with E-state index in [0.29, 0.717) is 50.4 Å². The summed E-state index contributed by atoms with van der Waals surface area (Å²) >= 11 is 6.19. The van der Waals surface area contributed by atoms with Crippen LogP contribution in [0.1, 0.15) is 47.8 Å². The fraction of sp³-hybridized carbons (Fsp3) is 0.417. The maximum absolute atomic E-state index is 13.9. The third-order valence-electron chi connectivity index (χ3n) is 9.43. The summed E-state index contributed by atoms with van der Waals surface area (Å²) in [6.07, 6.45) is -2.89. The zero-order valence-corrected chi connectivity index (χ0v) is 29.3. The molecule has 1 fully saturated rings. The molecular weight excluding hydrogens is 685 g/mol. The predicted octanol–water partition coefficient (Wildman–Crippen LogP) is 6.72. The number of alkyl halides is 3. The number of nitrogens with zero attached hydrogens (tertiary/aromatic N) is 5. The minimum atomic E-state index is -4.73. The van der Waals surface area contributed by atoms with Crippen molar-refractivity contribution in [1.82, 2.24) is 29.7 Å². The number of carbonyl (C=O) groups is 2. The van der Waals surface area contributed by atoms with Crippen LogP contribution >= 0.6 is 11.6 Å². The Balaban J connectivity index is 1.20. The Hall–Kier alpha value is -4.53. The molecule has 0 radical (unpaired) electrons. The van der Waals surface area contributed by atoms with Gasteiger partial charge in [-0.3, -0.25) is 0 Å². The number of hydrogen-bond donors (Lipinski definition) is 3. The van der Waals surface area contributed by atoms with Crippen molar-refractivity contribution in [2.24, 2.45) is 0 Å². The van der Waals surface area contributed by atoms with E-state index in [0.717, 1.165) is 42.2 Å². The zero-order valence-electron chi connectivity index (χ0n) is 28.5. The van der Waals surface area contributed by atoms with E-state index in [1.165, 1.54) is 6.07 Å². The van der Waals surface area contributed by atoms with Gasteiger partial charge < -0.3 is 35.6 Å². The molecule has 3 amide bonds. The van der Waals surface area contributed by atoms with Crippen molar-refractivity contribution in [2.45, 2.75) is 56.9 Å². The largest absolute Gasteiger partial charge is 0.426 e. The fourth-order valence-corrected chi connectivity index (χ4v) is 7.12. The summed E-state index contributed by atoms with van der Waals surface area (Å²) in [5.74, 6) is 0.472. The Morgan fingerprint density at radius 2 is 1.84 bits per heavy atom. The quantitative estimate of drug-likeness (QED) is 0.155. The highest BCUT2D eigenvalue weighted by Crippen LogP contribution is 2.39. The number of hydrogen-bond acceptors (Lipinski definition) is 7. The van der Waals surface area contributed by atoms with E-state index in [2.05, 4.69) is 15.5 Å². The number of nitrogens with one attached hydrogen (secondary N) is 2. The van der Waals surface area contributed by atoms with Crippen LogP contribution in [0.5, 0.6) is 0 Å². The van der Waals surface area contributed by atoms with E-state index in [1.807, 2.05) is 72.1 Å². The lowest BCUT2D eigenvalue weighted by atomic mass is 10.0. The van der Waals surface area contributed by atoms with E-state index in [1.54, 1.807) is 5.06 Å². The highest BCUT2D eigenvalue weighted by atomic mass is 35.5. The third kappa shape index (κ3) is 8.51. The molecular formula is C36H42ClF3N8O3. The number of nitrogen functional groups attached to an aromatic ring is 1. The van der Waals surface area contributed by atoms with Gasteiger partial charge in [0.05, 0.1) is 33.3 Å². The summed E-state index contributed by atoms with van der Waals surface area (Å²) in [6, 6.07) is 16.6. The molecule has 0 spiro atoms. The number of hydroxylamine groups is 2. The predicted molar refractivity (Wildman–Crippen MR) is 190 cm³/mol. The Morgan fingerprint density at radius 3 is 2.59 bits per heavy atom. The third-order valence-corrected chi connectivity index (χ3v) is 9.74. The lowest BCUT2D eigenvalue weighted by Crippen LogP contribution is -2.49. The minimum absolute atomic E-state index is 0.0323. The van der Waals surface area contributed by atoms with Crippen molar-refractivity contribution in [2.75, 3.05) is 51.3 Å². The van der Waals surface area contributed by atoms with Gasteiger partial charge in [0, 0.05) is 44.3 Å². The number of halogens is 4. The van der Waals surface area contributed by atoms with Gasteiger partial charge in [-0.2, -0.15) is 13.2 Å². The Kier molecular flexibility index (Phi) is 10.9.